The van der Waals surface area contributed by atoms with Crippen LogP contribution in [0.3, 0.4) is 0 Å². The molecule has 0 amide bonds. The predicted molar refractivity (Wildman–Crippen MR) is 130 cm³/mol. The fourth-order valence-electron chi connectivity index (χ4n) is 8.93. The van der Waals surface area contributed by atoms with Crippen LogP contribution in [0, 0.1) is 33.5 Å². The minimum absolute atomic E-state index is 0.0260. The molecule has 31 heavy (non-hydrogen) atoms. The molecule has 0 aromatic carbocycles. The van der Waals surface area contributed by atoms with E-state index in [1.807, 2.05) is 31.1 Å². The number of fused-ring (bicyclic) bond motifs is 4. The van der Waals surface area contributed by atoms with Crippen molar-refractivity contribution in [2.24, 2.45) is 33.5 Å². The van der Waals surface area contributed by atoms with Crippen LogP contribution in [0.5, 0.6) is 0 Å². The monoisotopic (exact) mass is 428 g/mol. The van der Waals surface area contributed by atoms with Crippen molar-refractivity contribution >= 4 is 0 Å². The first-order valence-corrected chi connectivity index (χ1v) is 13.1. The van der Waals surface area contributed by atoms with E-state index in [1.54, 1.807) is 0 Å². The van der Waals surface area contributed by atoms with E-state index in [0.29, 0.717) is 16.7 Å². The van der Waals surface area contributed by atoms with Gasteiger partial charge in [-0.2, -0.15) is 0 Å². The fraction of sp³-hybridized carbons (Fsp3) is 0.862. The third-order valence-electron chi connectivity index (χ3n) is 11.1. The van der Waals surface area contributed by atoms with Gasteiger partial charge in [-0.05, 0) is 112 Å². The van der Waals surface area contributed by atoms with Gasteiger partial charge in [0.15, 0.2) is 0 Å². The average Bonchev–Trinajstić information content (AvgIpc) is 2.93. The molecule has 4 rings (SSSR count). The largest absolute Gasteiger partial charge is 0.393 e. The van der Waals surface area contributed by atoms with Crippen molar-refractivity contribution in [3.05, 3.63) is 23.3 Å². The highest BCUT2D eigenvalue weighted by atomic mass is 16.3. The van der Waals surface area contributed by atoms with Gasteiger partial charge in [-0.1, -0.05) is 57.9 Å². The number of aliphatic hydroxyl groups excluding tert-OH is 1. The number of allylic oxidation sites excluding steroid dienone is 3. The maximum atomic E-state index is 10.8. The van der Waals surface area contributed by atoms with E-state index in [0.717, 1.165) is 18.8 Å². The third-order valence-corrected chi connectivity index (χ3v) is 11.1. The van der Waals surface area contributed by atoms with E-state index >= 15 is 0 Å². The summed E-state index contributed by atoms with van der Waals surface area (Å²) in [4.78, 5) is 0. The molecule has 2 saturated carbocycles. The molecule has 2 nitrogen and oxygen atoms in total. The number of aliphatic hydroxyl groups is 2. The van der Waals surface area contributed by atoms with Crippen molar-refractivity contribution in [3.8, 4) is 0 Å². The summed E-state index contributed by atoms with van der Waals surface area (Å²) in [5, 5.41) is 20.8. The zero-order valence-electron chi connectivity index (χ0n) is 21.4. The van der Waals surface area contributed by atoms with Gasteiger partial charge in [0.05, 0.1) is 11.7 Å². The second-order valence-electron chi connectivity index (χ2n) is 13.5. The normalized spacial score (nSPS) is 44.9. The molecule has 0 bridgehead atoms. The summed E-state index contributed by atoms with van der Waals surface area (Å²) < 4.78 is 0. The van der Waals surface area contributed by atoms with Gasteiger partial charge in [0.1, 0.15) is 0 Å². The van der Waals surface area contributed by atoms with Crippen molar-refractivity contribution in [1.82, 2.24) is 0 Å². The van der Waals surface area contributed by atoms with Gasteiger partial charge in [-0.3, -0.25) is 0 Å². The Morgan fingerprint density at radius 1 is 0.935 bits per heavy atom. The molecule has 0 radical (unpaired) electrons. The Kier molecular flexibility index (Phi) is 5.66. The van der Waals surface area contributed by atoms with E-state index in [4.69, 9.17) is 0 Å². The lowest BCUT2D eigenvalue weighted by Crippen LogP contribution is -2.54. The van der Waals surface area contributed by atoms with Crippen molar-refractivity contribution in [3.63, 3.8) is 0 Å². The predicted octanol–water partition coefficient (Wildman–Crippen LogP) is 7.20. The molecule has 176 valence electrons. The lowest BCUT2D eigenvalue weighted by molar-refractivity contribution is -0.0957. The Hall–Kier alpha value is -0.600. The lowest BCUT2D eigenvalue weighted by atomic mass is 9.43. The first-order valence-electron chi connectivity index (χ1n) is 13.1. The molecule has 0 aromatic rings. The zero-order chi connectivity index (χ0) is 22.9. The topological polar surface area (TPSA) is 40.5 Å². The van der Waals surface area contributed by atoms with Crippen LogP contribution in [0.15, 0.2) is 23.3 Å². The van der Waals surface area contributed by atoms with Crippen LogP contribution in [-0.2, 0) is 0 Å². The molecular formula is C29H48O2. The molecule has 2 heteroatoms. The first kappa shape index (κ1) is 23.6. The highest BCUT2D eigenvalue weighted by molar-refractivity contribution is 5.38. The molecular weight excluding hydrogens is 380 g/mol. The molecule has 4 aliphatic carbocycles. The molecule has 0 spiro atoms. The maximum absolute atomic E-state index is 10.8. The molecule has 6 atom stereocenters. The minimum Gasteiger partial charge on any atom is -0.393 e. The van der Waals surface area contributed by atoms with Crippen LogP contribution in [0.2, 0.25) is 0 Å². The number of hydrogen-bond donors (Lipinski definition) is 2. The average molecular weight is 429 g/mol. The zero-order valence-corrected chi connectivity index (χ0v) is 21.4. The van der Waals surface area contributed by atoms with Gasteiger partial charge in [0.25, 0.3) is 0 Å². The Balaban J connectivity index is 1.60. The van der Waals surface area contributed by atoms with Gasteiger partial charge in [-0.25, -0.2) is 0 Å². The minimum atomic E-state index is -0.700. The molecule has 2 N–H and O–H groups in total. The summed E-state index contributed by atoms with van der Waals surface area (Å²) in [5.41, 5.74) is 4.01. The molecule has 4 aliphatic rings. The Labute approximate surface area is 191 Å². The van der Waals surface area contributed by atoms with Gasteiger partial charge < -0.3 is 10.2 Å². The van der Waals surface area contributed by atoms with Crippen LogP contribution in [0.25, 0.3) is 0 Å². The summed E-state index contributed by atoms with van der Waals surface area (Å²) in [6.45, 7) is 16.1. The smallest absolute Gasteiger partial charge is 0.0771 e. The van der Waals surface area contributed by atoms with Crippen LogP contribution < -0.4 is 0 Å². The SMILES string of the molecule is CC(C)(O)C=CCCC1CCC2(C)C3=C(CCC12C)C1(C)CCC(O)C(C)(C)C1CC3. The summed E-state index contributed by atoms with van der Waals surface area (Å²) in [7, 11) is 0. The first-order chi connectivity index (χ1) is 14.3. The van der Waals surface area contributed by atoms with Crippen molar-refractivity contribution in [1.29, 1.82) is 0 Å². The van der Waals surface area contributed by atoms with E-state index in [9.17, 15) is 10.2 Å². The van der Waals surface area contributed by atoms with Gasteiger partial charge >= 0.3 is 0 Å². The summed E-state index contributed by atoms with van der Waals surface area (Å²) in [5.74, 6) is 1.40. The molecule has 0 saturated heterocycles. The fourth-order valence-corrected chi connectivity index (χ4v) is 8.93. The molecule has 6 unspecified atom stereocenters. The number of rotatable bonds is 4. The van der Waals surface area contributed by atoms with E-state index in [-0.39, 0.29) is 16.9 Å². The third kappa shape index (κ3) is 3.50. The second kappa shape index (κ2) is 7.45. The van der Waals surface area contributed by atoms with Crippen LogP contribution in [0.1, 0.15) is 113 Å². The standard InChI is InChI=1S/C29H48O2/c1-25(2,31)16-9-8-10-20-13-18-29(7)22-11-12-23-26(3,4)24(30)15-17-27(23,5)21(22)14-19-28(20,29)6/h9,16,20,23-24,30-31H,8,10-15,17-19H2,1-7H3. The second-order valence-corrected chi connectivity index (χ2v) is 13.5. The quantitative estimate of drug-likeness (QED) is 0.465. The van der Waals surface area contributed by atoms with Crippen molar-refractivity contribution in [2.75, 3.05) is 0 Å². The molecule has 0 heterocycles. The molecule has 2 fully saturated rings. The maximum Gasteiger partial charge on any atom is 0.0771 e. The Morgan fingerprint density at radius 3 is 2.32 bits per heavy atom. The van der Waals surface area contributed by atoms with Crippen LogP contribution >= 0.6 is 0 Å². The van der Waals surface area contributed by atoms with Gasteiger partial charge in [0, 0.05) is 0 Å². The number of hydrogen-bond acceptors (Lipinski definition) is 2. The van der Waals surface area contributed by atoms with Gasteiger partial charge in [-0.15, -0.1) is 0 Å². The molecule has 0 aliphatic heterocycles. The van der Waals surface area contributed by atoms with Crippen LogP contribution in [-0.4, -0.2) is 21.9 Å². The highest BCUT2D eigenvalue weighted by Crippen LogP contribution is 2.72. The van der Waals surface area contributed by atoms with Gasteiger partial charge in [0.2, 0.25) is 0 Å². The van der Waals surface area contributed by atoms with Crippen molar-refractivity contribution in [2.45, 2.75) is 124 Å². The summed E-state index contributed by atoms with van der Waals surface area (Å²) in [6.07, 6.45) is 16.3. The highest BCUT2D eigenvalue weighted by Gasteiger charge is 2.62. The van der Waals surface area contributed by atoms with Crippen molar-refractivity contribution < 1.29 is 10.2 Å². The van der Waals surface area contributed by atoms with E-state index in [2.05, 4.69) is 40.7 Å². The summed E-state index contributed by atoms with van der Waals surface area (Å²) in [6, 6.07) is 0. The Morgan fingerprint density at radius 2 is 1.65 bits per heavy atom. The van der Waals surface area contributed by atoms with Crippen LogP contribution in [0.4, 0.5) is 0 Å². The molecule has 0 aromatic heterocycles. The lowest BCUT2D eigenvalue weighted by Gasteiger charge is -2.62. The summed E-state index contributed by atoms with van der Waals surface area (Å²) >= 11 is 0. The Bertz CT molecular complexity index is 768. The van der Waals surface area contributed by atoms with E-state index in [1.165, 1.54) is 51.4 Å². The van der Waals surface area contributed by atoms with E-state index < -0.39 is 5.60 Å².